The topological polar surface area (TPSA) is 18.5 Å². The van der Waals surface area contributed by atoms with Gasteiger partial charge in [-0.1, -0.05) is 22.6 Å². The van der Waals surface area contributed by atoms with Crippen molar-refractivity contribution in [3.8, 4) is 0 Å². The van der Waals surface area contributed by atoms with Crippen LogP contribution in [0.3, 0.4) is 0 Å². The predicted molar refractivity (Wildman–Crippen MR) is 53.8 cm³/mol. The second kappa shape index (κ2) is 5.51. The van der Waals surface area contributed by atoms with Crippen molar-refractivity contribution in [3.05, 3.63) is 0 Å². The van der Waals surface area contributed by atoms with Crippen molar-refractivity contribution in [2.24, 2.45) is 0 Å². The van der Waals surface area contributed by atoms with Gasteiger partial charge in [0, 0.05) is 17.3 Å². The lowest BCUT2D eigenvalue weighted by molar-refractivity contribution is 0.195. The first-order valence-electron chi connectivity index (χ1n) is 3.52. The smallest absolute Gasteiger partial charge is 0.344 e. The molecule has 62 valence electrons. The van der Waals surface area contributed by atoms with Crippen LogP contribution >= 0.6 is 22.6 Å². The van der Waals surface area contributed by atoms with Crippen molar-refractivity contribution in [2.45, 2.75) is 20.4 Å². The monoisotopic (exact) mass is 274 g/mol. The molecular formula is C6H15IO2Si. The Hall–Kier alpha value is 0.867. The molecule has 0 aromatic carbocycles. The molecular weight excluding hydrogens is 259 g/mol. The normalized spacial score (nSPS) is 12.0. The van der Waals surface area contributed by atoms with Crippen LogP contribution in [0.5, 0.6) is 0 Å². The molecule has 0 spiro atoms. The molecule has 0 N–H and O–H groups in total. The lowest BCUT2D eigenvalue weighted by Gasteiger charge is -2.23. The van der Waals surface area contributed by atoms with Crippen molar-refractivity contribution >= 4 is 31.2 Å². The van der Waals surface area contributed by atoms with Gasteiger partial charge >= 0.3 is 8.56 Å². The molecule has 0 aromatic heterocycles. The van der Waals surface area contributed by atoms with Crippen LogP contribution in [0.25, 0.3) is 0 Å². The van der Waals surface area contributed by atoms with Gasteiger partial charge in [-0.2, -0.15) is 0 Å². The van der Waals surface area contributed by atoms with Crippen LogP contribution in [0.2, 0.25) is 6.55 Å². The van der Waals surface area contributed by atoms with Gasteiger partial charge in [0.2, 0.25) is 0 Å². The Morgan fingerprint density at radius 1 is 1.20 bits per heavy atom. The van der Waals surface area contributed by atoms with Gasteiger partial charge in [-0.25, -0.2) is 0 Å². The van der Waals surface area contributed by atoms with E-state index in [2.05, 4.69) is 29.1 Å². The fraction of sp³-hybridized carbons (Fsp3) is 1.00. The van der Waals surface area contributed by atoms with Crippen LogP contribution in [0, 0.1) is 0 Å². The molecule has 2 nitrogen and oxygen atoms in total. The van der Waals surface area contributed by atoms with Gasteiger partial charge in [0.1, 0.15) is 0 Å². The van der Waals surface area contributed by atoms with Gasteiger partial charge in [0.15, 0.2) is 0 Å². The Kier molecular flexibility index (Phi) is 5.99. The van der Waals surface area contributed by atoms with Crippen LogP contribution in [-0.4, -0.2) is 25.8 Å². The lowest BCUT2D eigenvalue weighted by atomic mass is 10.9. The molecule has 0 bridgehead atoms. The summed E-state index contributed by atoms with van der Waals surface area (Å²) in [5.41, 5.74) is 0. The summed E-state index contributed by atoms with van der Waals surface area (Å²) in [6.07, 6.45) is 0. The number of rotatable bonds is 5. The predicted octanol–water partition coefficient (Wildman–Crippen LogP) is 2.11. The van der Waals surface area contributed by atoms with Crippen LogP contribution in [0.4, 0.5) is 0 Å². The molecule has 0 aromatic rings. The van der Waals surface area contributed by atoms with E-state index in [-0.39, 0.29) is 0 Å². The zero-order chi connectivity index (χ0) is 8.04. The quantitative estimate of drug-likeness (QED) is 0.434. The second-order valence-corrected chi connectivity index (χ2v) is 7.53. The number of alkyl halides is 1. The third-order valence-electron chi connectivity index (χ3n) is 1.14. The molecule has 0 rings (SSSR count). The van der Waals surface area contributed by atoms with Gasteiger partial charge in [0.25, 0.3) is 0 Å². The van der Waals surface area contributed by atoms with E-state index in [1.807, 2.05) is 13.8 Å². The average molecular weight is 274 g/mol. The van der Waals surface area contributed by atoms with Gasteiger partial charge < -0.3 is 8.85 Å². The summed E-state index contributed by atoms with van der Waals surface area (Å²) >= 11 is 2.32. The summed E-state index contributed by atoms with van der Waals surface area (Å²) < 4.78 is 12.1. The molecule has 10 heavy (non-hydrogen) atoms. The van der Waals surface area contributed by atoms with E-state index in [4.69, 9.17) is 8.85 Å². The zero-order valence-corrected chi connectivity index (χ0v) is 9.97. The lowest BCUT2D eigenvalue weighted by Crippen LogP contribution is -2.41. The van der Waals surface area contributed by atoms with Gasteiger partial charge in [-0.3, -0.25) is 0 Å². The number of hydrogen-bond donors (Lipinski definition) is 0. The van der Waals surface area contributed by atoms with E-state index in [0.29, 0.717) is 0 Å². The Labute approximate surface area is 77.7 Å². The first kappa shape index (κ1) is 10.9. The Morgan fingerprint density at radius 2 is 1.60 bits per heavy atom. The van der Waals surface area contributed by atoms with E-state index in [9.17, 15) is 0 Å². The maximum Gasteiger partial charge on any atom is 0.344 e. The molecule has 0 aliphatic carbocycles. The molecule has 0 atom stereocenters. The van der Waals surface area contributed by atoms with Gasteiger partial charge in [0.05, 0.1) is 0 Å². The third-order valence-corrected chi connectivity index (χ3v) is 7.58. The molecule has 0 saturated carbocycles. The van der Waals surface area contributed by atoms with Gasteiger partial charge in [-0.05, 0) is 20.4 Å². The van der Waals surface area contributed by atoms with Crippen LogP contribution in [0.15, 0.2) is 0 Å². The highest BCUT2D eigenvalue weighted by Gasteiger charge is 2.28. The Morgan fingerprint density at radius 3 is 1.80 bits per heavy atom. The summed E-state index contributed by atoms with van der Waals surface area (Å²) in [5.74, 6) is 0. The first-order chi connectivity index (χ1) is 4.68. The highest BCUT2D eigenvalue weighted by molar-refractivity contribution is 14.1. The zero-order valence-electron chi connectivity index (χ0n) is 6.82. The molecule has 0 radical (unpaired) electrons. The van der Waals surface area contributed by atoms with Crippen LogP contribution in [0.1, 0.15) is 13.8 Å². The number of halogens is 1. The summed E-state index contributed by atoms with van der Waals surface area (Å²) in [5, 5.41) is 0. The molecule has 0 unspecified atom stereocenters. The molecule has 0 fully saturated rings. The summed E-state index contributed by atoms with van der Waals surface area (Å²) in [6.45, 7) is 7.66. The highest BCUT2D eigenvalue weighted by Crippen LogP contribution is 2.09. The van der Waals surface area contributed by atoms with E-state index in [0.717, 1.165) is 17.3 Å². The molecule has 0 saturated heterocycles. The van der Waals surface area contributed by atoms with Crippen molar-refractivity contribution in [2.75, 3.05) is 17.3 Å². The van der Waals surface area contributed by atoms with Gasteiger partial charge in [-0.15, -0.1) is 0 Å². The van der Waals surface area contributed by atoms with Crippen molar-refractivity contribution in [1.29, 1.82) is 0 Å². The maximum absolute atomic E-state index is 5.53. The summed E-state index contributed by atoms with van der Waals surface area (Å²) in [6, 6.07) is 0. The minimum Gasteiger partial charge on any atom is -0.394 e. The number of hydrogen-bond acceptors (Lipinski definition) is 2. The van der Waals surface area contributed by atoms with Crippen molar-refractivity contribution < 1.29 is 8.85 Å². The van der Waals surface area contributed by atoms with E-state index >= 15 is 0 Å². The van der Waals surface area contributed by atoms with Crippen LogP contribution < -0.4 is 0 Å². The SMILES string of the molecule is CCO[Si](C)(CI)OCC. The standard InChI is InChI=1S/C6H15IO2Si/c1-4-8-10(3,6-7)9-5-2/h4-6H2,1-3H3. The van der Waals surface area contributed by atoms with Crippen molar-refractivity contribution in [3.63, 3.8) is 0 Å². The molecule has 0 heterocycles. The summed E-state index contributed by atoms with van der Waals surface area (Å²) in [4.78, 5) is 0. The van der Waals surface area contributed by atoms with E-state index in [1.165, 1.54) is 0 Å². The maximum atomic E-state index is 5.53. The largest absolute Gasteiger partial charge is 0.394 e. The van der Waals surface area contributed by atoms with E-state index in [1.54, 1.807) is 0 Å². The molecule has 4 heteroatoms. The fourth-order valence-corrected chi connectivity index (χ4v) is 3.51. The molecule has 0 aliphatic heterocycles. The highest BCUT2D eigenvalue weighted by atomic mass is 127. The van der Waals surface area contributed by atoms with Crippen molar-refractivity contribution in [1.82, 2.24) is 0 Å². The summed E-state index contributed by atoms with van der Waals surface area (Å²) in [7, 11) is -1.74. The van der Waals surface area contributed by atoms with Crippen LogP contribution in [-0.2, 0) is 8.85 Å². The molecule has 0 aliphatic rings. The average Bonchev–Trinajstić information content (AvgIpc) is 1.89. The third kappa shape index (κ3) is 3.90. The van der Waals surface area contributed by atoms with E-state index < -0.39 is 8.56 Å². The molecule has 0 amide bonds. The fourth-order valence-electron chi connectivity index (χ4n) is 0.729. The first-order valence-corrected chi connectivity index (χ1v) is 7.57. The minimum atomic E-state index is -1.74. The second-order valence-electron chi connectivity index (χ2n) is 2.13. The minimum absolute atomic E-state index is 0.770. The Bertz CT molecular complexity index is 83.8. The Balaban J connectivity index is 3.69.